The number of rotatable bonds is 5. The van der Waals surface area contributed by atoms with E-state index in [-0.39, 0.29) is 19.1 Å². The van der Waals surface area contributed by atoms with Crippen molar-refractivity contribution in [2.45, 2.75) is 13.0 Å². The molecule has 92 valence electrons. The van der Waals surface area contributed by atoms with Gasteiger partial charge in [0.1, 0.15) is 0 Å². The Morgan fingerprint density at radius 3 is 2.89 bits per heavy atom. The lowest BCUT2D eigenvalue weighted by molar-refractivity contribution is -0.138. The molecule has 1 aromatic carbocycles. The Morgan fingerprint density at radius 2 is 2.33 bits per heavy atom. The molecule has 0 aliphatic heterocycles. The van der Waals surface area contributed by atoms with Crippen molar-refractivity contribution < 1.29 is 9.90 Å². The molecule has 4 nitrogen and oxygen atoms in total. The van der Waals surface area contributed by atoms with Gasteiger partial charge >= 0.3 is 5.97 Å². The Morgan fingerprint density at radius 1 is 1.61 bits per heavy atom. The first kappa shape index (κ1) is 13.8. The molecule has 0 amide bonds. The zero-order valence-corrected chi connectivity index (χ0v) is 10.1. The minimum Gasteiger partial charge on any atom is -0.480 e. The highest BCUT2D eigenvalue weighted by atomic mass is 16.4. The summed E-state index contributed by atoms with van der Waals surface area (Å²) in [5.41, 5.74) is 1.43. The number of carboxylic acids is 1. The van der Waals surface area contributed by atoms with Crippen LogP contribution in [0.4, 0.5) is 0 Å². The molecule has 1 N–H and O–H groups in total. The third kappa shape index (κ3) is 3.62. The predicted molar refractivity (Wildman–Crippen MR) is 67.6 cm³/mol. The van der Waals surface area contributed by atoms with E-state index in [1.54, 1.807) is 23.1 Å². The van der Waals surface area contributed by atoms with Crippen molar-refractivity contribution in [3.63, 3.8) is 0 Å². The highest BCUT2D eigenvalue weighted by molar-refractivity contribution is 5.69. The molecule has 0 fully saturated rings. The van der Waals surface area contributed by atoms with Crippen LogP contribution in [0.2, 0.25) is 0 Å². The predicted octanol–water partition coefficient (Wildman–Crippen LogP) is 1.64. The summed E-state index contributed by atoms with van der Waals surface area (Å²) >= 11 is 0. The number of nitrogens with zero attached hydrogens (tertiary/aromatic N) is 2. The van der Waals surface area contributed by atoms with Gasteiger partial charge in [0.15, 0.2) is 0 Å². The van der Waals surface area contributed by atoms with E-state index in [4.69, 9.17) is 16.8 Å². The zero-order valence-electron chi connectivity index (χ0n) is 10.1. The Kier molecular flexibility index (Phi) is 4.92. The van der Waals surface area contributed by atoms with Gasteiger partial charge in [-0.1, -0.05) is 18.1 Å². The number of hydrogen-bond donors (Lipinski definition) is 1. The number of carboxylic acid groups (broad SMARTS) is 1. The first-order valence-electron chi connectivity index (χ1n) is 5.48. The molecule has 0 spiro atoms. The van der Waals surface area contributed by atoms with E-state index in [1.165, 1.54) is 0 Å². The third-order valence-corrected chi connectivity index (χ3v) is 2.68. The SMILES string of the molecule is C#CCN(CC(=O)O)C(C)c1cccc(C#N)c1. The molecule has 1 aromatic rings. The van der Waals surface area contributed by atoms with Gasteiger partial charge in [0, 0.05) is 6.04 Å². The van der Waals surface area contributed by atoms with Gasteiger partial charge in [0.25, 0.3) is 0 Å². The third-order valence-electron chi connectivity index (χ3n) is 2.68. The first-order chi connectivity index (χ1) is 8.58. The fourth-order valence-electron chi connectivity index (χ4n) is 1.70. The van der Waals surface area contributed by atoms with E-state index in [1.807, 2.05) is 13.0 Å². The first-order valence-corrected chi connectivity index (χ1v) is 5.48. The molecular weight excluding hydrogens is 228 g/mol. The van der Waals surface area contributed by atoms with Gasteiger partial charge < -0.3 is 5.11 Å². The number of aliphatic carboxylic acids is 1. The average Bonchev–Trinajstić information content (AvgIpc) is 2.37. The Balaban J connectivity index is 2.94. The number of benzene rings is 1. The van der Waals surface area contributed by atoms with Gasteiger partial charge in [-0.25, -0.2) is 0 Å². The van der Waals surface area contributed by atoms with E-state index in [0.717, 1.165) is 5.56 Å². The summed E-state index contributed by atoms with van der Waals surface area (Å²) in [6.07, 6.45) is 5.24. The number of terminal acetylenes is 1. The fraction of sp³-hybridized carbons (Fsp3) is 0.286. The molecule has 1 atom stereocenters. The van der Waals surface area contributed by atoms with Crippen LogP contribution >= 0.6 is 0 Å². The summed E-state index contributed by atoms with van der Waals surface area (Å²) in [5, 5.41) is 17.7. The van der Waals surface area contributed by atoms with Crippen molar-refractivity contribution in [1.82, 2.24) is 4.90 Å². The molecule has 0 bridgehead atoms. The zero-order chi connectivity index (χ0) is 13.5. The van der Waals surface area contributed by atoms with Crippen molar-refractivity contribution in [1.29, 1.82) is 5.26 Å². The maximum Gasteiger partial charge on any atom is 0.317 e. The van der Waals surface area contributed by atoms with Crippen LogP contribution < -0.4 is 0 Å². The van der Waals surface area contributed by atoms with Crippen LogP contribution in [0, 0.1) is 23.7 Å². The molecule has 1 rings (SSSR count). The number of nitriles is 1. The van der Waals surface area contributed by atoms with Crippen LogP contribution in [0.5, 0.6) is 0 Å². The molecule has 0 saturated heterocycles. The summed E-state index contributed by atoms with van der Waals surface area (Å²) in [6, 6.07) is 9.00. The summed E-state index contributed by atoms with van der Waals surface area (Å²) in [5.74, 6) is 1.53. The maximum absolute atomic E-state index is 10.8. The largest absolute Gasteiger partial charge is 0.480 e. The molecule has 0 aromatic heterocycles. The number of carbonyl (C=O) groups is 1. The maximum atomic E-state index is 10.8. The quantitative estimate of drug-likeness (QED) is 0.797. The lowest BCUT2D eigenvalue weighted by atomic mass is 10.0. The highest BCUT2D eigenvalue weighted by Crippen LogP contribution is 2.20. The lowest BCUT2D eigenvalue weighted by Crippen LogP contribution is -2.32. The second-order valence-electron chi connectivity index (χ2n) is 3.92. The van der Waals surface area contributed by atoms with Crippen LogP contribution in [0.1, 0.15) is 24.1 Å². The molecule has 0 saturated carbocycles. The molecule has 0 aliphatic carbocycles. The Bertz CT molecular complexity index is 511. The minimum atomic E-state index is -0.923. The molecule has 18 heavy (non-hydrogen) atoms. The summed E-state index contributed by atoms with van der Waals surface area (Å²) in [7, 11) is 0. The fourth-order valence-corrected chi connectivity index (χ4v) is 1.70. The van der Waals surface area contributed by atoms with Gasteiger partial charge in [-0.2, -0.15) is 5.26 Å². The van der Waals surface area contributed by atoms with E-state index >= 15 is 0 Å². The van der Waals surface area contributed by atoms with Crippen LogP contribution in [0.25, 0.3) is 0 Å². The molecule has 0 heterocycles. The van der Waals surface area contributed by atoms with Gasteiger partial charge in [0.2, 0.25) is 0 Å². The second kappa shape index (κ2) is 6.44. The normalized spacial score (nSPS) is 11.6. The summed E-state index contributed by atoms with van der Waals surface area (Å²) < 4.78 is 0. The monoisotopic (exact) mass is 242 g/mol. The standard InChI is InChI=1S/C14H14N2O2/c1-3-7-16(10-14(17)18)11(2)13-6-4-5-12(8-13)9-15/h1,4-6,8,11H,7,10H2,2H3,(H,17,18). The van der Waals surface area contributed by atoms with Crippen LogP contribution in [0.3, 0.4) is 0 Å². The van der Waals surface area contributed by atoms with Gasteiger partial charge in [0.05, 0.1) is 24.7 Å². The van der Waals surface area contributed by atoms with Crippen molar-refractivity contribution >= 4 is 5.97 Å². The molecule has 0 radical (unpaired) electrons. The molecule has 4 heteroatoms. The van der Waals surface area contributed by atoms with E-state index in [0.29, 0.717) is 5.56 Å². The highest BCUT2D eigenvalue weighted by Gasteiger charge is 2.17. The van der Waals surface area contributed by atoms with Gasteiger partial charge in [-0.05, 0) is 24.6 Å². The summed E-state index contributed by atoms with van der Waals surface area (Å²) in [4.78, 5) is 12.4. The molecular formula is C14H14N2O2. The van der Waals surface area contributed by atoms with E-state index in [9.17, 15) is 4.79 Å². The smallest absolute Gasteiger partial charge is 0.317 e. The number of hydrogen-bond acceptors (Lipinski definition) is 3. The van der Waals surface area contributed by atoms with Gasteiger partial charge in [-0.15, -0.1) is 6.42 Å². The molecule has 0 aliphatic rings. The van der Waals surface area contributed by atoms with Crippen LogP contribution in [-0.4, -0.2) is 29.1 Å². The van der Waals surface area contributed by atoms with Gasteiger partial charge in [-0.3, -0.25) is 9.69 Å². The summed E-state index contributed by atoms with van der Waals surface area (Å²) in [6.45, 7) is 2.00. The average molecular weight is 242 g/mol. The lowest BCUT2D eigenvalue weighted by Gasteiger charge is -2.25. The second-order valence-corrected chi connectivity index (χ2v) is 3.92. The van der Waals surface area contributed by atoms with Crippen molar-refractivity contribution in [3.8, 4) is 18.4 Å². The minimum absolute atomic E-state index is 0.123. The van der Waals surface area contributed by atoms with Crippen molar-refractivity contribution in [3.05, 3.63) is 35.4 Å². The van der Waals surface area contributed by atoms with Crippen LogP contribution in [-0.2, 0) is 4.79 Å². The molecule has 1 unspecified atom stereocenters. The van der Waals surface area contributed by atoms with Crippen LogP contribution in [0.15, 0.2) is 24.3 Å². The van der Waals surface area contributed by atoms with Crippen molar-refractivity contribution in [2.24, 2.45) is 0 Å². The topological polar surface area (TPSA) is 64.3 Å². The van der Waals surface area contributed by atoms with Crippen molar-refractivity contribution in [2.75, 3.05) is 13.1 Å². The Labute approximate surface area is 106 Å². The van der Waals surface area contributed by atoms with E-state index < -0.39 is 5.97 Å². The Hall–Kier alpha value is -2.30. The van der Waals surface area contributed by atoms with E-state index in [2.05, 4.69) is 12.0 Å².